The van der Waals surface area contributed by atoms with Crippen LogP contribution in [0, 0.1) is 5.41 Å². The molecule has 0 spiro atoms. The van der Waals surface area contributed by atoms with Gasteiger partial charge >= 0.3 is 0 Å². The lowest BCUT2D eigenvalue weighted by Crippen LogP contribution is -2.40. The third-order valence-corrected chi connectivity index (χ3v) is 4.03. The molecule has 104 valence electrons. The Morgan fingerprint density at radius 2 is 2.06 bits per heavy atom. The van der Waals surface area contributed by atoms with Gasteiger partial charge < -0.3 is 5.32 Å². The molecule has 3 nitrogen and oxygen atoms in total. The molecule has 4 heteroatoms. The molecule has 0 aromatic carbocycles. The third-order valence-electron chi connectivity index (χ3n) is 3.36. The summed E-state index contributed by atoms with van der Waals surface area (Å²) < 4.78 is 3.21. The number of nitrogens with one attached hydrogen (secondary N) is 1. The van der Waals surface area contributed by atoms with Gasteiger partial charge in [-0.3, -0.25) is 4.68 Å². The number of hydrogen-bond acceptors (Lipinski definition) is 2. The summed E-state index contributed by atoms with van der Waals surface area (Å²) in [7, 11) is 0. The van der Waals surface area contributed by atoms with E-state index in [1.165, 1.54) is 5.69 Å². The van der Waals surface area contributed by atoms with E-state index in [4.69, 9.17) is 0 Å². The van der Waals surface area contributed by atoms with Crippen molar-refractivity contribution in [3.8, 4) is 0 Å². The molecule has 0 aliphatic carbocycles. The first-order valence-electron chi connectivity index (χ1n) is 6.83. The van der Waals surface area contributed by atoms with Crippen LogP contribution < -0.4 is 5.32 Å². The average Bonchev–Trinajstić information content (AvgIpc) is 2.64. The van der Waals surface area contributed by atoms with Crippen molar-refractivity contribution in [3.05, 3.63) is 16.4 Å². The van der Waals surface area contributed by atoms with E-state index in [2.05, 4.69) is 65.6 Å². The molecule has 0 radical (unpaired) electrons. The predicted molar refractivity (Wildman–Crippen MR) is 80.8 cm³/mol. The standard InChI is InChI=1S/C14H26BrN3/c1-6-16-13(14(3,4)5)9-8-12-11(15)10-17-18(12)7-2/h10,13,16H,6-9H2,1-5H3. The van der Waals surface area contributed by atoms with Crippen LogP contribution in [0.4, 0.5) is 0 Å². The molecule has 0 saturated heterocycles. The molecule has 0 fully saturated rings. The van der Waals surface area contributed by atoms with E-state index >= 15 is 0 Å². The van der Waals surface area contributed by atoms with E-state index in [1.807, 2.05) is 6.20 Å². The molecule has 0 aliphatic heterocycles. The SMILES string of the molecule is CCNC(CCc1c(Br)cnn1CC)C(C)(C)C. The summed E-state index contributed by atoms with van der Waals surface area (Å²) in [6.07, 6.45) is 4.10. The van der Waals surface area contributed by atoms with Crippen molar-refractivity contribution in [2.45, 2.75) is 60.0 Å². The van der Waals surface area contributed by atoms with E-state index < -0.39 is 0 Å². The Hall–Kier alpha value is -0.350. The number of hydrogen-bond donors (Lipinski definition) is 1. The summed E-state index contributed by atoms with van der Waals surface area (Å²) in [5, 5.41) is 7.97. The molecule has 1 rings (SSSR count). The summed E-state index contributed by atoms with van der Waals surface area (Å²) in [5.74, 6) is 0. The number of aromatic nitrogens is 2. The zero-order valence-electron chi connectivity index (χ0n) is 12.3. The summed E-state index contributed by atoms with van der Waals surface area (Å²) in [6.45, 7) is 13.2. The Morgan fingerprint density at radius 1 is 1.39 bits per heavy atom. The summed E-state index contributed by atoms with van der Waals surface area (Å²) in [6, 6.07) is 0.537. The molecule has 1 unspecified atom stereocenters. The molecule has 1 aromatic heterocycles. The third kappa shape index (κ3) is 4.09. The van der Waals surface area contributed by atoms with Crippen molar-refractivity contribution < 1.29 is 0 Å². The fraction of sp³-hybridized carbons (Fsp3) is 0.786. The highest BCUT2D eigenvalue weighted by molar-refractivity contribution is 9.10. The van der Waals surface area contributed by atoms with Crippen molar-refractivity contribution in [2.24, 2.45) is 5.41 Å². The predicted octanol–water partition coefficient (Wildman–Crippen LogP) is 3.62. The van der Waals surface area contributed by atoms with Crippen molar-refractivity contribution >= 4 is 15.9 Å². The van der Waals surface area contributed by atoms with Crippen LogP contribution in [-0.2, 0) is 13.0 Å². The van der Waals surface area contributed by atoms with Gasteiger partial charge in [-0.1, -0.05) is 27.7 Å². The second kappa shape index (κ2) is 6.71. The highest BCUT2D eigenvalue weighted by Crippen LogP contribution is 2.25. The smallest absolute Gasteiger partial charge is 0.0635 e. The Labute approximate surface area is 119 Å². The quantitative estimate of drug-likeness (QED) is 0.869. The van der Waals surface area contributed by atoms with E-state index in [0.717, 1.165) is 30.4 Å². The monoisotopic (exact) mass is 315 g/mol. The van der Waals surface area contributed by atoms with Crippen LogP contribution in [0.15, 0.2) is 10.7 Å². The molecule has 0 saturated carbocycles. The molecule has 1 aromatic rings. The molecule has 0 aliphatic rings. The van der Waals surface area contributed by atoms with Gasteiger partial charge in [-0.15, -0.1) is 0 Å². The minimum absolute atomic E-state index is 0.291. The summed E-state index contributed by atoms with van der Waals surface area (Å²) in [5.41, 5.74) is 1.60. The second-order valence-electron chi connectivity index (χ2n) is 5.77. The Kier molecular flexibility index (Phi) is 5.86. The zero-order chi connectivity index (χ0) is 13.8. The van der Waals surface area contributed by atoms with Crippen LogP contribution in [0.2, 0.25) is 0 Å². The van der Waals surface area contributed by atoms with E-state index in [-0.39, 0.29) is 0 Å². The van der Waals surface area contributed by atoms with Gasteiger partial charge in [-0.25, -0.2) is 0 Å². The lowest BCUT2D eigenvalue weighted by molar-refractivity contribution is 0.257. The number of nitrogens with zero attached hydrogens (tertiary/aromatic N) is 2. The maximum Gasteiger partial charge on any atom is 0.0635 e. The van der Waals surface area contributed by atoms with Gasteiger partial charge in [0.15, 0.2) is 0 Å². The second-order valence-corrected chi connectivity index (χ2v) is 6.62. The van der Waals surface area contributed by atoms with E-state index in [1.54, 1.807) is 0 Å². The first-order valence-corrected chi connectivity index (χ1v) is 7.63. The van der Waals surface area contributed by atoms with Gasteiger partial charge in [0.05, 0.1) is 16.4 Å². The largest absolute Gasteiger partial charge is 0.314 e. The van der Waals surface area contributed by atoms with Crippen molar-refractivity contribution in [1.82, 2.24) is 15.1 Å². The average molecular weight is 316 g/mol. The number of halogens is 1. The van der Waals surface area contributed by atoms with Gasteiger partial charge in [-0.2, -0.15) is 5.10 Å². The maximum absolute atomic E-state index is 4.37. The van der Waals surface area contributed by atoms with Gasteiger partial charge in [-0.05, 0) is 47.7 Å². The molecule has 1 atom stereocenters. The van der Waals surface area contributed by atoms with Gasteiger partial charge in [0, 0.05) is 12.6 Å². The van der Waals surface area contributed by atoms with Crippen LogP contribution in [0.1, 0.15) is 46.7 Å². The van der Waals surface area contributed by atoms with E-state index in [9.17, 15) is 0 Å². The molecule has 1 N–H and O–H groups in total. The molecule has 0 amide bonds. The highest BCUT2D eigenvalue weighted by Gasteiger charge is 2.24. The minimum Gasteiger partial charge on any atom is -0.314 e. The van der Waals surface area contributed by atoms with Gasteiger partial charge in [0.1, 0.15) is 0 Å². The highest BCUT2D eigenvalue weighted by atomic mass is 79.9. The number of aryl methyl sites for hydroxylation is 1. The lowest BCUT2D eigenvalue weighted by atomic mass is 9.83. The minimum atomic E-state index is 0.291. The fourth-order valence-electron chi connectivity index (χ4n) is 2.28. The maximum atomic E-state index is 4.37. The topological polar surface area (TPSA) is 29.9 Å². The van der Waals surface area contributed by atoms with Crippen molar-refractivity contribution in [1.29, 1.82) is 0 Å². The van der Waals surface area contributed by atoms with Crippen LogP contribution >= 0.6 is 15.9 Å². The van der Waals surface area contributed by atoms with Crippen LogP contribution in [-0.4, -0.2) is 22.4 Å². The van der Waals surface area contributed by atoms with Crippen LogP contribution in [0.25, 0.3) is 0 Å². The normalized spacial score (nSPS) is 13.9. The Balaban J connectivity index is 2.69. The van der Waals surface area contributed by atoms with Crippen LogP contribution in [0.3, 0.4) is 0 Å². The molecule has 0 bridgehead atoms. The fourth-order valence-corrected chi connectivity index (χ4v) is 2.77. The molecule has 18 heavy (non-hydrogen) atoms. The van der Waals surface area contributed by atoms with E-state index in [0.29, 0.717) is 11.5 Å². The van der Waals surface area contributed by atoms with Crippen molar-refractivity contribution in [2.75, 3.05) is 6.54 Å². The number of rotatable bonds is 6. The van der Waals surface area contributed by atoms with Gasteiger partial charge in [0.25, 0.3) is 0 Å². The molecular weight excluding hydrogens is 290 g/mol. The van der Waals surface area contributed by atoms with Crippen LogP contribution in [0.5, 0.6) is 0 Å². The summed E-state index contributed by atoms with van der Waals surface area (Å²) >= 11 is 3.59. The molecule has 1 heterocycles. The summed E-state index contributed by atoms with van der Waals surface area (Å²) in [4.78, 5) is 0. The van der Waals surface area contributed by atoms with Crippen molar-refractivity contribution in [3.63, 3.8) is 0 Å². The Morgan fingerprint density at radius 3 is 2.56 bits per heavy atom. The lowest BCUT2D eigenvalue weighted by Gasteiger charge is -2.31. The first kappa shape index (κ1) is 15.7. The molecular formula is C14H26BrN3. The first-order chi connectivity index (χ1) is 8.40. The van der Waals surface area contributed by atoms with Gasteiger partial charge in [0.2, 0.25) is 0 Å². The zero-order valence-corrected chi connectivity index (χ0v) is 13.8. The Bertz CT molecular complexity index is 366.